The highest BCUT2D eigenvalue weighted by molar-refractivity contribution is 6.02. The molecule has 0 saturated heterocycles. The van der Waals surface area contributed by atoms with E-state index in [0.29, 0.717) is 11.3 Å². The zero-order valence-electron chi connectivity index (χ0n) is 14.6. The van der Waals surface area contributed by atoms with Crippen LogP contribution in [0.15, 0.2) is 71.2 Å². The zero-order chi connectivity index (χ0) is 21.0. The van der Waals surface area contributed by atoms with E-state index in [1.807, 2.05) is 0 Å². The zero-order valence-corrected chi connectivity index (χ0v) is 14.6. The molecule has 1 heterocycles. The van der Waals surface area contributed by atoms with Crippen molar-refractivity contribution in [3.05, 3.63) is 88.2 Å². The SMILES string of the molecule is O=C(/C=C/c1ccc(-c2cccc([N+](=O)[O-])c2)o1)Nc1ccccc1C(F)(F)F. The van der Waals surface area contributed by atoms with Gasteiger partial charge >= 0.3 is 6.18 Å². The van der Waals surface area contributed by atoms with Gasteiger partial charge in [0.25, 0.3) is 5.69 Å². The fourth-order valence-electron chi connectivity index (χ4n) is 2.54. The summed E-state index contributed by atoms with van der Waals surface area (Å²) in [4.78, 5) is 22.3. The van der Waals surface area contributed by atoms with Crippen LogP contribution in [0.4, 0.5) is 24.5 Å². The molecular weight excluding hydrogens is 389 g/mol. The first kappa shape index (κ1) is 19.9. The van der Waals surface area contributed by atoms with E-state index in [9.17, 15) is 28.1 Å². The van der Waals surface area contributed by atoms with Crippen molar-refractivity contribution in [2.45, 2.75) is 6.18 Å². The topological polar surface area (TPSA) is 85.4 Å². The Bertz CT molecular complexity index is 1090. The molecule has 2 aromatic carbocycles. The molecule has 0 aliphatic rings. The molecule has 29 heavy (non-hydrogen) atoms. The van der Waals surface area contributed by atoms with E-state index >= 15 is 0 Å². The molecule has 0 spiro atoms. The number of hydrogen-bond donors (Lipinski definition) is 1. The average molecular weight is 402 g/mol. The number of amides is 1. The Morgan fingerprint density at radius 2 is 1.83 bits per heavy atom. The van der Waals surface area contributed by atoms with Gasteiger partial charge in [-0.25, -0.2) is 0 Å². The number of hydrogen-bond acceptors (Lipinski definition) is 4. The number of non-ortho nitro benzene ring substituents is 1. The minimum atomic E-state index is -4.60. The van der Waals surface area contributed by atoms with E-state index < -0.39 is 22.6 Å². The van der Waals surface area contributed by atoms with Crippen LogP contribution in [-0.4, -0.2) is 10.8 Å². The number of carbonyl (C=O) groups excluding carboxylic acids is 1. The van der Waals surface area contributed by atoms with Gasteiger partial charge in [-0.15, -0.1) is 0 Å². The molecule has 148 valence electrons. The Labute approximate surface area is 162 Å². The Hall–Kier alpha value is -3.88. The number of nitro groups is 1. The fraction of sp³-hybridized carbons (Fsp3) is 0.0500. The second-order valence-corrected chi connectivity index (χ2v) is 5.88. The maximum atomic E-state index is 13.0. The number of nitrogens with one attached hydrogen (secondary N) is 1. The molecule has 0 unspecified atom stereocenters. The van der Waals surface area contributed by atoms with Crippen LogP contribution in [0.2, 0.25) is 0 Å². The predicted octanol–water partition coefficient (Wildman–Crippen LogP) is 5.53. The van der Waals surface area contributed by atoms with Crippen molar-refractivity contribution >= 4 is 23.4 Å². The first-order chi connectivity index (χ1) is 13.7. The van der Waals surface area contributed by atoms with E-state index in [-0.39, 0.29) is 17.1 Å². The van der Waals surface area contributed by atoms with Gasteiger partial charge in [-0.3, -0.25) is 14.9 Å². The number of nitrogens with zero attached hydrogens (tertiary/aromatic N) is 1. The number of nitro benzene ring substituents is 1. The van der Waals surface area contributed by atoms with E-state index in [0.717, 1.165) is 18.2 Å². The van der Waals surface area contributed by atoms with Gasteiger partial charge in [0.15, 0.2) is 0 Å². The number of benzene rings is 2. The van der Waals surface area contributed by atoms with Crippen molar-refractivity contribution in [1.29, 1.82) is 0 Å². The molecule has 0 radical (unpaired) electrons. The average Bonchev–Trinajstić information content (AvgIpc) is 3.15. The summed E-state index contributed by atoms with van der Waals surface area (Å²) < 4.78 is 44.4. The normalized spacial score (nSPS) is 11.6. The lowest BCUT2D eigenvalue weighted by atomic mass is 10.1. The van der Waals surface area contributed by atoms with Gasteiger partial charge < -0.3 is 9.73 Å². The molecule has 0 saturated carbocycles. The van der Waals surface area contributed by atoms with Crippen molar-refractivity contribution < 1.29 is 27.3 Å². The maximum absolute atomic E-state index is 13.0. The van der Waals surface area contributed by atoms with Crippen LogP contribution in [0.25, 0.3) is 17.4 Å². The Morgan fingerprint density at radius 3 is 2.55 bits per heavy atom. The summed E-state index contributed by atoms with van der Waals surface area (Å²) in [6.45, 7) is 0. The van der Waals surface area contributed by atoms with Gasteiger partial charge in [0, 0.05) is 23.8 Å². The summed E-state index contributed by atoms with van der Waals surface area (Å²) in [5.41, 5.74) is -0.930. The van der Waals surface area contributed by atoms with Crippen molar-refractivity contribution in [1.82, 2.24) is 0 Å². The highest BCUT2D eigenvalue weighted by Gasteiger charge is 2.33. The molecule has 9 heteroatoms. The van der Waals surface area contributed by atoms with Gasteiger partial charge in [0.1, 0.15) is 11.5 Å². The molecular formula is C20H13F3N2O4. The number of halogens is 3. The van der Waals surface area contributed by atoms with Crippen LogP contribution in [0, 0.1) is 10.1 Å². The highest BCUT2D eigenvalue weighted by atomic mass is 19.4. The Morgan fingerprint density at radius 1 is 1.07 bits per heavy atom. The van der Waals surface area contributed by atoms with E-state index in [1.165, 1.54) is 42.5 Å². The standard InChI is InChI=1S/C20H13F3N2O4/c21-20(22,23)16-6-1-2-7-17(16)24-19(26)11-9-15-8-10-18(29-15)13-4-3-5-14(12-13)25(27)28/h1-12H,(H,24,26)/b11-9+. The lowest BCUT2D eigenvalue weighted by Crippen LogP contribution is -2.14. The third-order valence-electron chi connectivity index (χ3n) is 3.86. The van der Waals surface area contributed by atoms with Crippen molar-refractivity contribution in [2.75, 3.05) is 5.32 Å². The van der Waals surface area contributed by atoms with Gasteiger partial charge in [-0.05, 0) is 30.3 Å². The molecule has 3 rings (SSSR count). The van der Waals surface area contributed by atoms with Crippen LogP contribution >= 0.6 is 0 Å². The van der Waals surface area contributed by atoms with E-state index in [1.54, 1.807) is 12.1 Å². The first-order valence-corrected chi connectivity index (χ1v) is 8.24. The molecule has 0 atom stereocenters. The van der Waals surface area contributed by atoms with Gasteiger partial charge in [-0.1, -0.05) is 24.3 Å². The molecule has 1 amide bonds. The van der Waals surface area contributed by atoms with Crippen molar-refractivity contribution in [2.24, 2.45) is 0 Å². The number of para-hydroxylation sites is 1. The summed E-state index contributed by atoms with van der Waals surface area (Å²) in [5, 5.41) is 13.0. The maximum Gasteiger partial charge on any atom is 0.418 e. The molecule has 6 nitrogen and oxygen atoms in total. The third kappa shape index (κ3) is 4.89. The fourth-order valence-corrected chi connectivity index (χ4v) is 2.54. The lowest BCUT2D eigenvalue weighted by molar-refractivity contribution is -0.384. The smallest absolute Gasteiger partial charge is 0.418 e. The van der Waals surface area contributed by atoms with Crippen LogP contribution in [0.5, 0.6) is 0 Å². The first-order valence-electron chi connectivity index (χ1n) is 8.24. The molecule has 3 aromatic rings. The summed E-state index contributed by atoms with van der Waals surface area (Å²) in [7, 11) is 0. The molecule has 0 aliphatic carbocycles. The third-order valence-corrected chi connectivity index (χ3v) is 3.86. The number of alkyl halides is 3. The van der Waals surface area contributed by atoms with Gasteiger partial charge in [0.2, 0.25) is 5.91 Å². The predicted molar refractivity (Wildman–Crippen MR) is 99.9 cm³/mol. The molecule has 0 bridgehead atoms. The van der Waals surface area contributed by atoms with Crippen LogP contribution in [0.1, 0.15) is 11.3 Å². The molecule has 0 aliphatic heterocycles. The highest BCUT2D eigenvalue weighted by Crippen LogP contribution is 2.34. The summed E-state index contributed by atoms with van der Waals surface area (Å²) in [6, 6.07) is 13.6. The van der Waals surface area contributed by atoms with Crippen LogP contribution in [0.3, 0.4) is 0 Å². The van der Waals surface area contributed by atoms with E-state index in [2.05, 4.69) is 5.32 Å². The van der Waals surface area contributed by atoms with E-state index in [4.69, 9.17) is 4.42 Å². The number of furan rings is 1. The van der Waals surface area contributed by atoms with Gasteiger partial charge in [-0.2, -0.15) is 13.2 Å². The second-order valence-electron chi connectivity index (χ2n) is 5.88. The monoisotopic (exact) mass is 402 g/mol. The van der Waals surface area contributed by atoms with Crippen LogP contribution < -0.4 is 5.32 Å². The second kappa shape index (κ2) is 8.01. The summed E-state index contributed by atoms with van der Waals surface area (Å²) in [6.07, 6.45) is -2.28. The molecule has 1 N–H and O–H groups in total. The number of carbonyl (C=O) groups is 1. The largest absolute Gasteiger partial charge is 0.457 e. The Balaban J connectivity index is 1.73. The van der Waals surface area contributed by atoms with Crippen molar-refractivity contribution in [3.63, 3.8) is 0 Å². The molecule has 1 aromatic heterocycles. The summed E-state index contributed by atoms with van der Waals surface area (Å²) in [5.74, 6) is -0.170. The lowest BCUT2D eigenvalue weighted by Gasteiger charge is -2.12. The summed E-state index contributed by atoms with van der Waals surface area (Å²) >= 11 is 0. The quantitative estimate of drug-likeness (QED) is 0.346. The van der Waals surface area contributed by atoms with Crippen molar-refractivity contribution in [3.8, 4) is 11.3 Å². The molecule has 0 fully saturated rings. The minimum Gasteiger partial charge on any atom is -0.457 e. The minimum absolute atomic E-state index is 0.0984. The Kier molecular flexibility index (Phi) is 5.49. The van der Waals surface area contributed by atoms with Crippen LogP contribution in [-0.2, 0) is 11.0 Å². The van der Waals surface area contributed by atoms with Gasteiger partial charge in [0.05, 0.1) is 16.2 Å². The number of anilines is 1. The number of rotatable bonds is 5.